The highest BCUT2D eigenvalue weighted by Crippen LogP contribution is 2.33. The van der Waals surface area contributed by atoms with E-state index in [4.69, 9.17) is 10.5 Å². The van der Waals surface area contributed by atoms with Gasteiger partial charge in [0.15, 0.2) is 11.4 Å². The number of aromatic hydroxyl groups is 1. The smallest absolute Gasteiger partial charge is 0.271 e. The van der Waals surface area contributed by atoms with E-state index in [0.717, 1.165) is 0 Å². The maximum atomic E-state index is 11.6. The summed E-state index contributed by atoms with van der Waals surface area (Å²) in [5.74, 6) is 0.356. The second-order valence-corrected chi connectivity index (χ2v) is 5.98. The summed E-state index contributed by atoms with van der Waals surface area (Å²) >= 11 is 0. The molecule has 0 unspecified atom stereocenters. The molecule has 0 saturated carbocycles. The van der Waals surface area contributed by atoms with Crippen molar-refractivity contribution in [3.8, 4) is 17.2 Å². The Balaban J connectivity index is 2.13. The maximum Gasteiger partial charge on any atom is 0.271 e. The minimum absolute atomic E-state index is 0.124. The average Bonchev–Trinajstić information content (AvgIpc) is 2.57. The van der Waals surface area contributed by atoms with Crippen molar-refractivity contribution in [2.75, 3.05) is 14.1 Å². The molecule has 0 fully saturated rings. The fraction of sp³-hybridized carbons (Fsp3) is 0.158. The van der Waals surface area contributed by atoms with Gasteiger partial charge in [-0.05, 0) is 44.4 Å². The molecule has 1 heterocycles. The summed E-state index contributed by atoms with van der Waals surface area (Å²) in [6.07, 6.45) is 0. The van der Waals surface area contributed by atoms with E-state index in [2.05, 4.69) is 4.98 Å². The summed E-state index contributed by atoms with van der Waals surface area (Å²) in [4.78, 5) is 17.8. The Hall–Kier alpha value is -3.12. The molecule has 0 spiro atoms. The van der Waals surface area contributed by atoms with Gasteiger partial charge in [0.25, 0.3) is 5.91 Å². The van der Waals surface area contributed by atoms with Gasteiger partial charge in [0.05, 0.1) is 5.69 Å². The van der Waals surface area contributed by atoms with Crippen molar-refractivity contribution in [3.05, 3.63) is 59.9 Å². The number of rotatable bonds is 5. The van der Waals surface area contributed by atoms with Gasteiger partial charge in [0.1, 0.15) is 11.5 Å². The zero-order valence-corrected chi connectivity index (χ0v) is 14.1. The lowest BCUT2D eigenvalue weighted by molar-refractivity contribution is 0.0992. The summed E-state index contributed by atoms with van der Waals surface area (Å²) in [6.45, 7) is 0.492. The number of benzene rings is 2. The van der Waals surface area contributed by atoms with Gasteiger partial charge in [-0.2, -0.15) is 0 Å². The van der Waals surface area contributed by atoms with Gasteiger partial charge >= 0.3 is 0 Å². The van der Waals surface area contributed by atoms with Crippen LogP contribution in [0, 0.1) is 0 Å². The largest absolute Gasteiger partial charge is 0.505 e. The number of fused-ring (bicyclic) bond motifs is 1. The van der Waals surface area contributed by atoms with E-state index < -0.39 is 5.91 Å². The van der Waals surface area contributed by atoms with E-state index in [0.29, 0.717) is 34.5 Å². The van der Waals surface area contributed by atoms with Crippen molar-refractivity contribution >= 4 is 16.7 Å². The van der Waals surface area contributed by atoms with Gasteiger partial charge in [-0.15, -0.1) is 0 Å². The summed E-state index contributed by atoms with van der Waals surface area (Å²) in [5, 5.41) is 11.6. The first kappa shape index (κ1) is 16.7. The summed E-state index contributed by atoms with van der Waals surface area (Å²) in [7, 11) is 3.79. The fourth-order valence-electron chi connectivity index (χ4n) is 2.62. The number of carbonyl (C=O) groups is 1. The van der Waals surface area contributed by atoms with Crippen molar-refractivity contribution in [1.82, 2.24) is 9.88 Å². The molecular formula is C19H19N3O3. The summed E-state index contributed by atoms with van der Waals surface area (Å²) < 4.78 is 5.85. The first-order chi connectivity index (χ1) is 12.0. The predicted molar refractivity (Wildman–Crippen MR) is 95.8 cm³/mol. The van der Waals surface area contributed by atoms with Gasteiger partial charge in [0, 0.05) is 17.3 Å². The van der Waals surface area contributed by atoms with Crippen molar-refractivity contribution in [1.29, 1.82) is 0 Å². The van der Waals surface area contributed by atoms with Crippen LogP contribution in [-0.2, 0) is 6.54 Å². The van der Waals surface area contributed by atoms with Gasteiger partial charge in [0.2, 0.25) is 0 Å². The highest BCUT2D eigenvalue weighted by molar-refractivity contribution is 6.02. The van der Waals surface area contributed by atoms with Crippen LogP contribution >= 0.6 is 0 Å². The molecule has 1 aromatic heterocycles. The maximum absolute atomic E-state index is 11.6. The minimum Gasteiger partial charge on any atom is -0.505 e. The fourth-order valence-corrected chi connectivity index (χ4v) is 2.62. The highest BCUT2D eigenvalue weighted by Gasteiger charge is 2.18. The number of hydrogen-bond donors (Lipinski definition) is 2. The first-order valence-corrected chi connectivity index (χ1v) is 7.78. The van der Waals surface area contributed by atoms with Crippen LogP contribution < -0.4 is 10.5 Å². The summed E-state index contributed by atoms with van der Waals surface area (Å²) in [6, 6.07) is 14.7. The Morgan fingerprint density at radius 3 is 2.48 bits per heavy atom. The third-order valence-electron chi connectivity index (χ3n) is 3.71. The Labute approximate surface area is 145 Å². The molecule has 0 saturated heterocycles. The second-order valence-electron chi connectivity index (χ2n) is 5.98. The molecule has 3 N–H and O–H groups in total. The molecule has 2 aromatic carbocycles. The Morgan fingerprint density at radius 2 is 1.84 bits per heavy atom. The quantitative estimate of drug-likeness (QED) is 0.747. The number of pyridine rings is 1. The molecule has 6 nitrogen and oxygen atoms in total. The molecule has 1 amide bonds. The normalized spacial score (nSPS) is 11.0. The number of aromatic nitrogens is 1. The third-order valence-corrected chi connectivity index (χ3v) is 3.71. The molecule has 6 heteroatoms. The van der Waals surface area contributed by atoms with Crippen LogP contribution in [0.3, 0.4) is 0 Å². The molecule has 3 rings (SSSR count). The predicted octanol–water partition coefficient (Wildman–Crippen LogP) is 2.89. The van der Waals surface area contributed by atoms with Crippen molar-refractivity contribution in [2.24, 2.45) is 5.73 Å². The molecule has 3 aromatic rings. The van der Waals surface area contributed by atoms with E-state index in [1.54, 1.807) is 18.2 Å². The zero-order chi connectivity index (χ0) is 18.0. The zero-order valence-electron chi connectivity index (χ0n) is 14.1. The van der Waals surface area contributed by atoms with Crippen LogP contribution in [0.15, 0.2) is 48.5 Å². The van der Waals surface area contributed by atoms with Gasteiger partial charge in [-0.25, -0.2) is 4.98 Å². The number of ether oxygens (including phenoxy) is 1. The van der Waals surface area contributed by atoms with Gasteiger partial charge in [-0.3, -0.25) is 4.79 Å². The molecule has 0 radical (unpaired) electrons. The third kappa shape index (κ3) is 3.54. The highest BCUT2D eigenvalue weighted by atomic mass is 16.5. The van der Waals surface area contributed by atoms with Crippen LogP contribution in [0.25, 0.3) is 10.8 Å². The molecule has 0 aliphatic carbocycles. The van der Waals surface area contributed by atoms with Crippen LogP contribution in [0.5, 0.6) is 17.2 Å². The summed E-state index contributed by atoms with van der Waals surface area (Å²) in [5.41, 5.74) is 5.86. The van der Waals surface area contributed by atoms with E-state index in [-0.39, 0.29) is 11.4 Å². The number of nitrogens with two attached hydrogens (primary N) is 1. The number of carbonyl (C=O) groups excluding carboxylic acids is 1. The number of primary amides is 1. The van der Waals surface area contributed by atoms with E-state index in [1.165, 1.54) is 0 Å². The lowest BCUT2D eigenvalue weighted by Gasteiger charge is -2.15. The SMILES string of the molecule is CN(C)Cc1nc(C(N)=O)c(O)c2ccc(Oc3ccccc3)cc12. The topological polar surface area (TPSA) is 88.7 Å². The van der Waals surface area contributed by atoms with E-state index >= 15 is 0 Å². The van der Waals surface area contributed by atoms with E-state index in [1.807, 2.05) is 49.3 Å². The number of nitrogens with zero attached hydrogens (tertiary/aromatic N) is 2. The monoisotopic (exact) mass is 337 g/mol. The molecule has 0 aliphatic rings. The van der Waals surface area contributed by atoms with Crippen LogP contribution in [0.1, 0.15) is 16.2 Å². The van der Waals surface area contributed by atoms with Crippen molar-refractivity contribution in [2.45, 2.75) is 6.54 Å². The lowest BCUT2D eigenvalue weighted by atomic mass is 10.1. The second kappa shape index (κ2) is 6.78. The number of hydrogen-bond acceptors (Lipinski definition) is 5. The Kier molecular flexibility index (Phi) is 4.54. The molecule has 0 atom stereocenters. The van der Waals surface area contributed by atoms with Gasteiger partial charge in [-0.1, -0.05) is 18.2 Å². The average molecular weight is 337 g/mol. The van der Waals surface area contributed by atoms with Crippen LogP contribution in [0.4, 0.5) is 0 Å². The van der Waals surface area contributed by atoms with Crippen LogP contribution in [-0.4, -0.2) is 35.0 Å². The Morgan fingerprint density at radius 1 is 1.12 bits per heavy atom. The lowest BCUT2D eigenvalue weighted by Crippen LogP contribution is -2.18. The Bertz CT molecular complexity index is 924. The molecule has 0 bridgehead atoms. The molecule has 0 aliphatic heterocycles. The van der Waals surface area contributed by atoms with Crippen molar-refractivity contribution < 1.29 is 14.6 Å². The van der Waals surface area contributed by atoms with E-state index in [9.17, 15) is 9.90 Å². The minimum atomic E-state index is -0.760. The molecule has 25 heavy (non-hydrogen) atoms. The number of amides is 1. The van der Waals surface area contributed by atoms with Crippen molar-refractivity contribution in [3.63, 3.8) is 0 Å². The van der Waals surface area contributed by atoms with Crippen LogP contribution in [0.2, 0.25) is 0 Å². The first-order valence-electron chi connectivity index (χ1n) is 7.78. The number of para-hydroxylation sites is 1. The standard InChI is InChI=1S/C19H19N3O3/c1-22(2)11-16-15-10-13(25-12-6-4-3-5-7-12)8-9-14(15)18(23)17(21-16)19(20)24/h3-10,23H,11H2,1-2H3,(H2,20,24). The molecular weight excluding hydrogens is 318 g/mol. The molecule has 128 valence electrons. The van der Waals surface area contributed by atoms with Gasteiger partial charge < -0.3 is 20.5 Å².